The lowest BCUT2D eigenvalue weighted by Crippen LogP contribution is -2.24. The first-order valence-corrected chi connectivity index (χ1v) is 7.99. The Hall–Kier alpha value is -3.61. The molecule has 0 fully saturated rings. The van der Waals surface area contributed by atoms with Gasteiger partial charge in [-0.2, -0.15) is 0 Å². The van der Waals surface area contributed by atoms with Crippen LogP contribution in [0.3, 0.4) is 0 Å². The molecule has 0 bridgehead atoms. The molecule has 3 N–H and O–H groups in total. The molecule has 0 unspecified atom stereocenters. The average Bonchev–Trinajstić information content (AvgIpc) is 2.64. The van der Waals surface area contributed by atoms with E-state index in [4.69, 9.17) is 4.74 Å². The van der Waals surface area contributed by atoms with Gasteiger partial charge in [0.05, 0.1) is 10.9 Å². The van der Waals surface area contributed by atoms with E-state index in [1.54, 1.807) is 30.4 Å². The van der Waals surface area contributed by atoms with Gasteiger partial charge in [-0.25, -0.2) is 9.59 Å². The molecule has 26 heavy (non-hydrogen) atoms. The highest BCUT2D eigenvalue weighted by molar-refractivity contribution is 5.80. The summed E-state index contributed by atoms with van der Waals surface area (Å²) in [6, 6.07) is 14.5. The van der Waals surface area contributed by atoms with Gasteiger partial charge in [-0.1, -0.05) is 48.6 Å². The van der Waals surface area contributed by atoms with E-state index in [0.717, 1.165) is 11.1 Å². The average molecular weight is 351 g/mol. The smallest absolute Gasteiger partial charge is 0.407 e. The van der Waals surface area contributed by atoms with Crippen LogP contribution in [0.2, 0.25) is 0 Å². The zero-order chi connectivity index (χ0) is 18.4. The second-order valence-corrected chi connectivity index (χ2v) is 5.56. The Morgan fingerprint density at radius 2 is 1.88 bits per heavy atom. The number of amides is 1. The van der Waals surface area contributed by atoms with E-state index in [-0.39, 0.29) is 13.2 Å². The molecule has 3 aromatic rings. The van der Waals surface area contributed by atoms with Crippen molar-refractivity contribution in [3.05, 3.63) is 86.6 Å². The van der Waals surface area contributed by atoms with Crippen LogP contribution in [0.15, 0.2) is 64.2 Å². The molecule has 7 heteroatoms. The van der Waals surface area contributed by atoms with Crippen molar-refractivity contribution in [3.63, 3.8) is 0 Å². The molecule has 3 rings (SSSR count). The van der Waals surface area contributed by atoms with Gasteiger partial charge in [-0.3, -0.25) is 9.78 Å². The summed E-state index contributed by atoms with van der Waals surface area (Å²) < 4.78 is 5.10. The van der Waals surface area contributed by atoms with E-state index in [1.165, 1.54) is 0 Å². The van der Waals surface area contributed by atoms with Crippen molar-refractivity contribution in [2.45, 2.75) is 6.61 Å². The second-order valence-electron chi connectivity index (χ2n) is 5.56. The van der Waals surface area contributed by atoms with Crippen molar-refractivity contribution in [3.8, 4) is 0 Å². The molecule has 7 nitrogen and oxygen atoms in total. The molecule has 0 aliphatic carbocycles. The number of hydrogen-bond donors (Lipinski definition) is 3. The van der Waals surface area contributed by atoms with E-state index < -0.39 is 17.3 Å². The van der Waals surface area contributed by atoms with Crippen molar-refractivity contribution < 1.29 is 9.53 Å². The van der Waals surface area contributed by atoms with Gasteiger partial charge in [0.2, 0.25) is 0 Å². The molecule has 0 radical (unpaired) electrons. The Bertz CT molecular complexity index is 1050. The van der Waals surface area contributed by atoms with E-state index in [2.05, 4.69) is 15.3 Å². The molecule has 2 aromatic carbocycles. The maximum atomic E-state index is 11.8. The Morgan fingerprint density at radius 1 is 1.08 bits per heavy atom. The van der Waals surface area contributed by atoms with Crippen LogP contribution in [0.5, 0.6) is 0 Å². The van der Waals surface area contributed by atoms with Gasteiger partial charge in [-0.15, -0.1) is 0 Å². The van der Waals surface area contributed by atoms with Crippen molar-refractivity contribution in [2.75, 3.05) is 6.54 Å². The van der Waals surface area contributed by atoms with Crippen LogP contribution in [-0.4, -0.2) is 22.6 Å². The second kappa shape index (κ2) is 7.98. The number of nitrogens with one attached hydrogen (secondary N) is 3. The third kappa shape index (κ3) is 4.47. The van der Waals surface area contributed by atoms with Gasteiger partial charge >= 0.3 is 11.8 Å². The minimum Gasteiger partial charge on any atom is -0.445 e. The fourth-order valence-corrected chi connectivity index (χ4v) is 2.40. The summed E-state index contributed by atoms with van der Waals surface area (Å²) >= 11 is 0. The number of fused-ring (bicyclic) bond motifs is 1. The lowest BCUT2D eigenvalue weighted by atomic mass is 10.1. The first-order valence-electron chi connectivity index (χ1n) is 7.99. The van der Waals surface area contributed by atoms with Crippen molar-refractivity contribution in [1.82, 2.24) is 15.3 Å². The Morgan fingerprint density at radius 3 is 2.69 bits per heavy atom. The number of hydrogen-bond acceptors (Lipinski definition) is 4. The lowest BCUT2D eigenvalue weighted by Gasteiger charge is -2.05. The molecular weight excluding hydrogens is 334 g/mol. The van der Waals surface area contributed by atoms with E-state index >= 15 is 0 Å². The van der Waals surface area contributed by atoms with Gasteiger partial charge in [0.25, 0.3) is 5.56 Å². The highest BCUT2D eigenvalue weighted by Crippen LogP contribution is 2.10. The normalized spacial score (nSPS) is 10.9. The predicted molar refractivity (Wildman–Crippen MR) is 98.9 cm³/mol. The minimum absolute atomic E-state index is 0.210. The third-order valence-corrected chi connectivity index (χ3v) is 3.65. The molecule has 0 aliphatic rings. The van der Waals surface area contributed by atoms with Gasteiger partial charge < -0.3 is 15.0 Å². The summed E-state index contributed by atoms with van der Waals surface area (Å²) in [4.78, 5) is 39.4. The number of rotatable bonds is 5. The van der Waals surface area contributed by atoms with Crippen molar-refractivity contribution in [1.29, 1.82) is 0 Å². The summed E-state index contributed by atoms with van der Waals surface area (Å²) in [6.45, 7) is 0.496. The van der Waals surface area contributed by atoms with Crippen LogP contribution < -0.4 is 16.6 Å². The predicted octanol–water partition coefficient (Wildman–Crippen LogP) is 2.16. The summed E-state index contributed by atoms with van der Waals surface area (Å²) in [5.41, 5.74) is 1.18. The summed E-state index contributed by atoms with van der Waals surface area (Å²) in [6.07, 6.45) is 3.00. The number of alkyl carbamates (subject to hydrolysis) is 1. The van der Waals surface area contributed by atoms with E-state index in [1.807, 2.05) is 30.3 Å². The minimum atomic E-state index is -0.538. The number of H-pyrrole nitrogens is 2. The van der Waals surface area contributed by atoms with Gasteiger partial charge in [0.15, 0.2) is 0 Å². The number of carbonyl (C=O) groups is 1. The Balaban J connectivity index is 1.54. The molecule has 1 amide bonds. The van der Waals surface area contributed by atoms with Crippen LogP contribution in [0.25, 0.3) is 17.0 Å². The maximum Gasteiger partial charge on any atom is 0.407 e. The van der Waals surface area contributed by atoms with Gasteiger partial charge in [0, 0.05) is 6.54 Å². The number of ether oxygens (including phenoxy) is 1. The fraction of sp³-hybridized carbons (Fsp3) is 0.105. The standard InChI is InChI=1S/C19H17N3O4/c23-17-15-11-13(8-9-16(15)21-18(24)22-17)7-4-10-20-19(25)26-12-14-5-2-1-3-6-14/h1-9,11H,10,12H2,(H,20,25)(H2,21,22,23,24). The van der Waals surface area contributed by atoms with E-state index in [9.17, 15) is 14.4 Å². The van der Waals surface area contributed by atoms with Crippen LogP contribution in [0.4, 0.5) is 4.79 Å². The Labute approximate surface area is 148 Å². The highest BCUT2D eigenvalue weighted by Gasteiger charge is 2.02. The Kier molecular flexibility index (Phi) is 5.28. The molecule has 0 spiro atoms. The first-order chi connectivity index (χ1) is 12.6. The largest absolute Gasteiger partial charge is 0.445 e. The fourth-order valence-electron chi connectivity index (χ4n) is 2.40. The number of benzene rings is 2. The van der Waals surface area contributed by atoms with Gasteiger partial charge in [0.1, 0.15) is 6.61 Å². The number of aromatic amines is 2. The quantitative estimate of drug-likeness (QED) is 0.655. The van der Waals surface area contributed by atoms with Crippen LogP contribution >= 0.6 is 0 Å². The van der Waals surface area contributed by atoms with Crippen LogP contribution in [-0.2, 0) is 11.3 Å². The molecule has 132 valence electrons. The van der Waals surface area contributed by atoms with Crippen molar-refractivity contribution >= 4 is 23.1 Å². The number of carbonyl (C=O) groups excluding carboxylic acids is 1. The molecule has 1 aromatic heterocycles. The van der Waals surface area contributed by atoms with Crippen molar-refractivity contribution in [2.24, 2.45) is 0 Å². The van der Waals surface area contributed by atoms with Crippen LogP contribution in [0.1, 0.15) is 11.1 Å². The summed E-state index contributed by atoms with van der Waals surface area (Å²) in [5, 5.41) is 3.01. The van der Waals surface area contributed by atoms with E-state index in [0.29, 0.717) is 10.9 Å². The zero-order valence-corrected chi connectivity index (χ0v) is 13.8. The topological polar surface area (TPSA) is 104 Å². The molecule has 0 saturated carbocycles. The monoisotopic (exact) mass is 351 g/mol. The SMILES string of the molecule is O=C(NCC=Cc1ccc2[nH]c(=O)[nH]c(=O)c2c1)OCc1ccccc1. The molecule has 0 atom stereocenters. The summed E-state index contributed by atoms with van der Waals surface area (Å²) in [5.74, 6) is 0. The molecule has 1 heterocycles. The number of aromatic nitrogens is 2. The molecule has 0 saturated heterocycles. The summed E-state index contributed by atoms with van der Waals surface area (Å²) in [7, 11) is 0. The first kappa shape index (κ1) is 17.2. The third-order valence-electron chi connectivity index (χ3n) is 3.65. The van der Waals surface area contributed by atoms with Gasteiger partial charge in [-0.05, 0) is 23.3 Å². The molecular formula is C19H17N3O4. The highest BCUT2D eigenvalue weighted by atomic mass is 16.5. The van der Waals surface area contributed by atoms with Crippen LogP contribution in [0, 0.1) is 0 Å². The lowest BCUT2D eigenvalue weighted by molar-refractivity contribution is 0.141. The molecule has 0 aliphatic heterocycles. The maximum absolute atomic E-state index is 11.8. The zero-order valence-electron chi connectivity index (χ0n) is 13.8.